The van der Waals surface area contributed by atoms with E-state index < -0.39 is 11.8 Å². The van der Waals surface area contributed by atoms with E-state index in [9.17, 15) is 9.59 Å². The van der Waals surface area contributed by atoms with Crippen molar-refractivity contribution in [2.45, 2.75) is 108 Å². The maximum Gasteiger partial charge on any atom is 0.528 e. The zero-order valence-electron chi connectivity index (χ0n) is 19.7. The molecule has 4 aliphatic rings. The molecule has 3 aliphatic heterocycles. The highest BCUT2D eigenvalue weighted by Gasteiger charge is 2.46. The average molecular weight is 437 g/mol. The number of nitrogens with zero attached hydrogens (tertiary/aromatic N) is 3. The zero-order chi connectivity index (χ0) is 22.2. The van der Waals surface area contributed by atoms with Crippen LogP contribution in [0, 0.1) is 0 Å². The number of hydrogen-bond donors (Lipinski definition) is 1. The van der Waals surface area contributed by atoms with Crippen LogP contribution in [0.1, 0.15) is 79.1 Å². The van der Waals surface area contributed by atoms with E-state index >= 15 is 0 Å². The number of hydrogen-bond acceptors (Lipinski definition) is 6. The van der Waals surface area contributed by atoms with Gasteiger partial charge in [-0.05, 0) is 66.2 Å². The van der Waals surface area contributed by atoms with E-state index in [2.05, 4.69) is 22.0 Å². The number of carbonyl (C=O) groups is 2. The van der Waals surface area contributed by atoms with Crippen LogP contribution in [-0.2, 0) is 9.57 Å². The first-order valence-electron chi connectivity index (χ1n) is 12.1. The van der Waals surface area contributed by atoms with Crippen molar-refractivity contribution in [3.8, 4) is 0 Å². The predicted molar refractivity (Wildman–Crippen MR) is 118 cm³/mol. The third kappa shape index (κ3) is 5.11. The van der Waals surface area contributed by atoms with Gasteiger partial charge in [0.1, 0.15) is 5.60 Å². The number of carbonyl (C=O) groups excluding carboxylic acids is 2. The molecule has 3 saturated heterocycles. The van der Waals surface area contributed by atoms with Gasteiger partial charge in [-0.2, -0.15) is 0 Å². The van der Waals surface area contributed by atoms with Gasteiger partial charge in [0, 0.05) is 37.8 Å². The molecule has 0 aromatic heterocycles. The van der Waals surface area contributed by atoms with Gasteiger partial charge in [-0.25, -0.2) is 9.59 Å². The topological polar surface area (TPSA) is 74.4 Å². The van der Waals surface area contributed by atoms with Gasteiger partial charge < -0.3 is 19.8 Å². The Morgan fingerprint density at radius 2 is 1.68 bits per heavy atom. The van der Waals surface area contributed by atoms with Gasteiger partial charge >= 0.3 is 12.2 Å². The lowest BCUT2D eigenvalue weighted by Gasteiger charge is -2.50. The fourth-order valence-electron chi connectivity index (χ4n) is 5.87. The molecule has 2 amide bonds. The molecule has 2 atom stereocenters. The third-order valence-electron chi connectivity index (χ3n) is 7.64. The van der Waals surface area contributed by atoms with Crippen molar-refractivity contribution >= 4 is 12.2 Å². The van der Waals surface area contributed by atoms with E-state index in [-0.39, 0.29) is 11.6 Å². The normalized spacial score (nSPS) is 30.6. The summed E-state index contributed by atoms with van der Waals surface area (Å²) in [6.07, 6.45) is 8.13. The molecule has 1 aliphatic carbocycles. The van der Waals surface area contributed by atoms with Crippen LogP contribution in [0.4, 0.5) is 9.59 Å². The Labute approximate surface area is 186 Å². The molecule has 0 aromatic carbocycles. The molecule has 3 heterocycles. The first-order valence-corrected chi connectivity index (χ1v) is 12.1. The number of ether oxygens (including phenoxy) is 1. The molecule has 0 unspecified atom stereocenters. The number of piperidine rings is 2. The summed E-state index contributed by atoms with van der Waals surface area (Å²) >= 11 is 0. The average Bonchev–Trinajstić information content (AvgIpc) is 3.04. The largest absolute Gasteiger partial charge is 0.528 e. The van der Waals surface area contributed by atoms with Crippen molar-refractivity contribution in [3.05, 3.63) is 0 Å². The van der Waals surface area contributed by atoms with E-state index in [1.807, 2.05) is 20.8 Å². The van der Waals surface area contributed by atoms with E-state index in [1.165, 1.54) is 12.8 Å². The highest BCUT2D eigenvalue weighted by atomic mass is 16.8. The van der Waals surface area contributed by atoms with E-state index in [1.54, 1.807) is 5.06 Å². The van der Waals surface area contributed by atoms with E-state index in [0.717, 1.165) is 51.6 Å². The van der Waals surface area contributed by atoms with Crippen LogP contribution in [0.15, 0.2) is 0 Å². The van der Waals surface area contributed by atoms with Crippen molar-refractivity contribution in [1.82, 2.24) is 20.2 Å². The first kappa shape index (κ1) is 22.6. The van der Waals surface area contributed by atoms with Crippen LogP contribution in [0.3, 0.4) is 0 Å². The van der Waals surface area contributed by atoms with Gasteiger partial charge in [-0.3, -0.25) is 4.90 Å². The smallest absolute Gasteiger partial charge is 0.427 e. The fourth-order valence-corrected chi connectivity index (χ4v) is 5.87. The molecular formula is C23H40N4O4. The molecule has 8 heteroatoms. The Kier molecular flexibility index (Phi) is 6.41. The number of fused-ring (bicyclic) bond motifs is 1. The van der Waals surface area contributed by atoms with Crippen molar-refractivity contribution in [3.63, 3.8) is 0 Å². The second kappa shape index (κ2) is 8.77. The molecule has 0 aromatic rings. The second-order valence-electron chi connectivity index (χ2n) is 11.0. The minimum absolute atomic E-state index is 0.111. The summed E-state index contributed by atoms with van der Waals surface area (Å²) in [7, 11) is 0. The molecule has 4 rings (SSSR count). The molecule has 0 bridgehead atoms. The van der Waals surface area contributed by atoms with Gasteiger partial charge in [-0.1, -0.05) is 12.8 Å². The molecule has 8 nitrogen and oxygen atoms in total. The Hall–Kier alpha value is -1.54. The number of rotatable bonds is 3. The van der Waals surface area contributed by atoms with Gasteiger partial charge in [-0.15, -0.1) is 5.06 Å². The minimum Gasteiger partial charge on any atom is -0.427 e. The Morgan fingerprint density at radius 1 is 1.03 bits per heavy atom. The molecule has 1 N–H and O–H groups in total. The molecule has 4 fully saturated rings. The maximum atomic E-state index is 12.6. The third-order valence-corrected chi connectivity index (χ3v) is 7.64. The summed E-state index contributed by atoms with van der Waals surface area (Å²) in [4.78, 5) is 34.8. The maximum absolute atomic E-state index is 12.6. The summed E-state index contributed by atoms with van der Waals surface area (Å²) in [5.74, 6) is 0. The van der Waals surface area contributed by atoms with Crippen molar-refractivity contribution in [1.29, 1.82) is 0 Å². The van der Waals surface area contributed by atoms with Crippen LogP contribution in [0.25, 0.3) is 0 Å². The van der Waals surface area contributed by atoms with Crippen LogP contribution < -0.4 is 5.32 Å². The van der Waals surface area contributed by atoms with Gasteiger partial charge in [0.15, 0.2) is 0 Å². The van der Waals surface area contributed by atoms with E-state index in [4.69, 9.17) is 9.57 Å². The fraction of sp³-hybridized carbons (Fsp3) is 0.913. The Balaban J connectivity index is 1.26. The molecular weight excluding hydrogens is 396 g/mol. The van der Waals surface area contributed by atoms with Gasteiger partial charge in [0.2, 0.25) is 0 Å². The first-order chi connectivity index (χ1) is 14.6. The number of hydroxylamine groups is 2. The molecule has 176 valence electrons. The van der Waals surface area contributed by atoms with Crippen molar-refractivity contribution in [2.24, 2.45) is 0 Å². The number of likely N-dealkylation sites (tertiary alicyclic amines) is 1. The Bertz CT molecular complexity index is 663. The standard InChI is InChI=1S/C23H40N4O4/c1-22(2,3)30-21(29)31-26-15-11-23(4,12-16-26)25-13-9-17(10-14-25)27-19-8-6-5-7-18(19)24-20(27)28/h17-19H,5-16H2,1-4H3,(H,24,28)/t18-,19-/m1/s1. The summed E-state index contributed by atoms with van der Waals surface area (Å²) in [6.45, 7) is 11.3. The zero-order valence-corrected chi connectivity index (χ0v) is 19.7. The second-order valence-corrected chi connectivity index (χ2v) is 11.0. The van der Waals surface area contributed by atoms with Crippen LogP contribution in [-0.4, -0.2) is 82.5 Å². The van der Waals surface area contributed by atoms with Gasteiger partial charge in [0.05, 0.1) is 12.1 Å². The number of nitrogens with one attached hydrogen (secondary N) is 1. The lowest BCUT2D eigenvalue weighted by atomic mass is 9.85. The quantitative estimate of drug-likeness (QED) is 0.683. The lowest BCUT2D eigenvalue weighted by molar-refractivity contribution is -0.166. The van der Waals surface area contributed by atoms with Crippen LogP contribution >= 0.6 is 0 Å². The summed E-state index contributed by atoms with van der Waals surface area (Å²) in [5.41, 5.74) is -0.435. The lowest BCUT2D eigenvalue weighted by Crippen LogP contribution is -2.58. The highest BCUT2D eigenvalue weighted by molar-refractivity contribution is 5.78. The SMILES string of the molecule is CC(C)(C)OC(=O)ON1CCC(C)(N2CCC(N3C(=O)N[C@@H]4CCCC[C@H]43)CC2)CC1. The minimum atomic E-state index is -0.623. The predicted octanol–water partition coefficient (Wildman–Crippen LogP) is 3.51. The van der Waals surface area contributed by atoms with Crippen LogP contribution in [0.5, 0.6) is 0 Å². The monoisotopic (exact) mass is 436 g/mol. The molecule has 0 radical (unpaired) electrons. The summed E-state index contributed by atoms with van der Waals surface area (Å²) < 4.78 is 5.27. The Morgan fingerprint density at radius 3 is 2.32 bits per heavy atom. The van der Waals surface area contributed by atoms with Crippen molar-refractivity contribution in [2.75, 3.05) is 26.2 Å². The molecule has 0 spiro atoms. The number of amides is 2. The summed E-state index contributed by atoms with van der Waals surface area (Å²) in [5, 5.41) is 4.97. The number of urea groups is 1. The highest BCUT2D eigenvalue weighted by Crippen LogP contribution is 2.35. The molecule has 1 saturated carbocycles. The van der Waals surface area contributed by atoms with Gasteiger partial charge in [0.25, 0.3) is 0 Å². The van der Waals surface area contributed by atoms with E-state index in [0.29, 0.717) is 31.2 Å². The van der Waals surface area contributed by atoms with Crippen molar-refractivity contribution < 1.29 is 19.2 Å². The molecule has 31 heavy (non-hydrogen) atoms. The van der Waals surface area contributed by atoms with Crippen LogP contribution in [0.2, 0.25) is 0 Å². The summed E-state index contributed by atoms with van der Waals surface area (Å²) in [6, 6.07) is 1.30.